The van der Waals surface area contributed by atoms with Crippen LogP contribution in [-0.4, -0.2) is 20.6 Å². The van der Waals surface area contributed by atoms with Crippen LogP contribution >= 0.6 is 0 Å². The number of hydrogen-bond donors (Lipinski definition) is 1. The third-order valence-electron chi connectivity index (χ3n) is 3.71. The fourth-order valence-electron chi connectivity index (χ4n) is 2.50. The summed E-state index contributed by atoms with van der Waals surface area (Å²) in [5.41, 5.74) is 4.95. The van der Waals surface area contributed by atoms with Crippen molar-refractivity contribution in [2.45, 2.75) is 27.3 Å². The number of nitrogens with zero attached hydrogens (tertiary/aromatic N) is 4. The number of anilines is 1. The Morgan fingerprint density at radius 1 is 1.21 bits per heavy atom. The molecular formula is C15H17N5O4. The van der Waals surface area contributed by atoms with Gasteiger partial charge >= 0.3 is 5.69 Å². The number of nitro groups is 2. The third kappa shape index (κ3) is 3.40. The number of nitro benzene ring substituents is 2. The van der Waals surface area contributed by atoms with Gasteiger partial charge in [0, 0.05) is 29.6 Å². The SMILES string of the molecule is CCn1c(C)cc(/C=N\Nc2ccc([N+](=O)[O-])cc2[N+](=O)[O-])c1C. The summed E-state index contributed by atoms with van der Waals surface area (Å²) < 4.78 is 2.12. The molecule has 9 heteroatoms. The molecule has 1 aromatic carbocycles. The third-order valence-corrected chi connectivity index (χ3v) is 3.71. The number of hydrazone groups is 1. The van der Waals surface area contributed by atoms with Gasteiger partial charge in [-0.1, -0.05) is 0 Å². The summed E-state index contributed by atoms with van der Waals surface area (Å²) in [6.45, 7) is 6.83. The Morgan fingerprint density at radius 2 is 1.92 bits per heavy atom. The maximum Gasteiger partial charge on any atom is 0.301 e. The second-order valence-corrected chi connectivity index (χ2v) is 5.16. The van der Waals surface area contributed by atoms with Crippen molar-refractivity contribution >= 4 is 23.3 Å². The van der Waals surface area contributed by atoms with Crippen LogP contribution < -0.4 is 5.43 Å². The highest BCUT2D eigenvalue weighted by molar-refractivity contribution is 5.82. The minimum atomic E-state index is -0.687. The van der Waals surface area contributed by atoms with Crippen LogP contribution in [0.15, 0.2) is 29.4 Å². The van der Waals surface area contributed by atoms with E-state index in [0.717, 1.165) is 29.6 Å². The van der Waals surface area contributed by atoms with Gasteiger partial charge in [0.15, 0.2) is 0 Å². The lowest BCUT2D eigenvalue weighted by Crippen LogP contribution is -2.00. The number of hydrogen-bond acceptors (Lipinski definition) is 6. The normalized spacial score (nSPS) is 11.0. The number of benzene rings is 1. The molecule has 9 nitrogen and oxygen atoms in total. The Kier molecular flexibility index (Phi) is 4.93. The molecule has 0 aliphatic carbocycles. The van der Waals surface area contributed by atoms with E-state index in [1.807, 2.05) is 26.8 Å². The van der Waals surface area contributed by atoms with Gasteiger partial charge < -0.3 is 4.57 Å². The molecule has 0 aliphatic heterocycles. The van der Waals surface area contributed by atoms with E-state index in [1.165, 1.54) is 12.1 Å². The molecule has 2 rings (SSSR count). The van der Waals surface area contributed by atoms with Gasteiger partial charge in [0.2, 0.25) is 0 Å². The summed E-state index contributed by atoms with van der Waals surface area (Å²) in [6, 6.07) is 5.33. The highest BCUT2D eigenvalue weighted by Gasteiger charge is 2.19. The molecule has 0 aliphatic rings. The van der Waals surface area contributed by atoms with Gasteiger partial charge in [-0.3, -0.25) is 25.7 Å². The van der Waals surface area contributed by atoms with Crippen molar-refractivity contribution in [1.82, 2.24) is 4.57 Å². The van der Waals surface area contributed by atoms with Crippen LogP contribution in [0, 0.1) is 34.1 Å². The molecule has 0 atom stereocenters. The highest BCUT2D eigenvalue weighted by atomic mass is 16.6. The van der Waals surface area contributed by atoms with Crippen LogP contribution in [0.4, 0.5) is 17.1 Å². The summed E-state index contributed by atoms with van der Waals surface area (Å²) >= 11 is 0. The minimum absolute atomic E-state index is 0.0890. The van der Waals surface area contributed by atoms with Crippen LogP contribution in [0.2, 0.25) is 0 Å². The van der Waals surface area contributed by atoms with Crippen molar-refractivity contribution in [2.24, 2.45) is 5.10 Å². The van der Waals surface area contributed by atoms with E-state index < -0.39 is 15.5 Å². The van der Waals surface area contributed by atoms with Crippen molar-refractivity contribution in [1.29, 1.82) is 0 Å². The van der Waals surface area contributed by atoms with Gasteiger partial charge in [-0.15, -0.1) is 0 Å². The smallest absolute Gasteiger partial charge is 0.301 e. The molecule has 0 bridgehead atoms. The number of aromatic nitrogens is 1. The van der Waals surface area contributed by atoms with Crippen molar-refractivity contribution in [2.75, 3.05) is 5.43 Å². The van der Waals surface area contributed by atoms with E-state index in [2.05, 4.69) is 15.1 Å². The standard InChI is InChI=1S/C15H17N5O4/c1-4-18-10(2)7-12(11(18)3)9-16-17-14-6-5-13(19(21)22)8-15(14)20(23)24/h5-9,17H,4H2,1-3H3/b16-9-. The molecule has 0 saturated carbocycles. The van der Waals surface area contributed by atoms with Gasteiger partial charge in [-0.05, 0) is 32.9 Å². The number of aryl methyl sites for hydroxylation is 1. The van der Waals surface area contributed by atoms with E-state index in [9.17, 15) is 20.2 Å². The van der Waals surface area contributed by atoms with Crippen molar-refractivity contribution < 1.29 is 9.85 Å². The fourth-order valence-corrected chi connectivity index (χ4v) is 2.50. The predicted octanol–water partition coefficient (Wildman–Crippen LogP) is 3.39. The van der Waals surface area contributed by atoms with Crippen LogP contribution in [0.25, 0.3) is 0 Å². The van der Waals surface area contributed by atoms with E-state index in [4.69, 9.17) is 0 Å². The molecule has 0 saturated heterocycles. The van der Waals surface area contributed by atoms with Crippen LogP contribution in [0.3, 0.4) is 0 Å². The number of non-ortho nitro benzene ring substituents is 1. The van der Waals surface area contributed by atoms with Gasteiger partial charge in [0.05, 0.1) is 22.1 Å². The molecule has 0 spiro atoms. The Labute approximate surface area is 137 Å². The Morgan fingerprint density at radius 3 is 2.46 bits per heavy atom. The lowest BCUT2D eigenvalue weighted by atomic mass is 10.2. The second-order valence-electron chi connectivity index (χ2n) is 5.16. The summed E-state index contributed by atoms with van der Waals surface area (Å²) in [5.74, 6) is 0. The predicted molar refractivity (Wildman–Crippen MR) is 90.5 cm³/mol. The maximum atomic E-state index is 11.1. The summed E-state index contributed by atoms with van der Waals surface area (Å²) in [6.07, 6.45) is 1.57. The molecule has 0 amide bonds. The number of nitrogens with one attached hydrogen (secondary N) is 1. The van der Waals surface area contributed by atoms with E-state index >= 15 is 0 Å². The van der Waals surface area contributed by atoms with Crippen molar-refractivity contribution in [3.8, 4) is 0 Å². The average molecular weight is 331 g/mol. The average Bonchev–Trinajstić information content (AvgIpc) is 2.80. The molecule has 1 heterocycles. The zero-order valence-corrected chi connectivity index (χ0v) is 13.5. The lowest BCUT2D eigenvalue weighted by molar-refractivity contribution is -0.393. The zero-order chi connectivity index (χ0) is 17.9. The quantitative estimate of drug-likeness (QED) is 0.495. The Balaban J connectivity index is 2.26. The highest BCUT2D eigenvalue weighted by Crippen LogP contribution is 2.28. The fraction of sp³-hybridized carbons (Fsp3) is 0.267. The topological polar surface area (TPSA) is 116 Å². The molecule has 1 N–H and O–H groups in total. The molecule has 1 aromatic heterocycles. The van der Waals surface area contributed by atoms with E-state index in [0.29, 0.717) is 0 Å². The first-order chi connectivity index (χ1) is 11.3. The van der Waals surface area contributed by atoms with E-state index in [-0.39, 0.29) is 11.4 Å². The maximum absolute atomic E-state index is 11.1. The minimum Gasteiger partial charge on any atom is -0.349 e. The molecule has 24 heavy (non-hydrogen) atoms. The van der Waals surface area contributed by atoms with Crippen LogP contribution in [-0.2, 0) is 6.54 Å². The Hall–Kier alpha value is -3.23. The first-order valence-corrected chi connectivity index (χ1v) is 7.23. The van der Waals surface area contributed by atoms with Gasteiger partial charge in [-0.25, -0.2) is 0 Å². The zero-order valence-electron chi connectivity index (χ0n) is 13.5. The molecule has 0 unspecified atom stereocenters. The van der Waals surface area contributed by atoms with Gasteiger partial charge in [0.1, 0.15) is 5.69 Å². The van der Waals surface area contributed by atoms with Crippen molar-refractivity contribution in [3.63, 3.8) is 0 Å². The monoisotopic (exact) mass is 331 g/mol. The lowest BCUT2D eigenvalue weighted by Gasteiger charge is -2.04. The molecule has 0 radical (unpaired) electrons. The summed E-state index contributed by atoms with van der Waals surface area (Å²) in [5, 5.41) is 25.8. The summed E-state index contributed by atoms with van der Waals surface area (Å²) in [7, 11) is 0. The van der Waals surface area contributed by atoms with Crippen LogP contribution in [0.1, 0.15) is 23.9 Å². The molecule has 126 valence electrons. The van der Waals surface area contributed by atoms with Gasteiger partial charge in [-0.2, -0.15) is 5.10 Å². The molecule has 0 fully saturated rings. The number of rotatable bonds is 6. The summed E-state index contributed by atoms with van der Waals surface area (Å²) in [4.78, 5) is 20.4. The first-order valence-electron chi connectivity index (χ1n) is 7.23. The second kappa shape index (κ2) is 6.90. The first kappa shape index (κ1) is 17.1. The van der Waals surface area contributed by atoms with Gasteiger partial charge in [0.25, 0.3) is 5.69 Å². The molecular weight excluding hydrogens is 314 g/mol. The Bertz CT molecular complexity index is 826. The largest absolute Gasteiger partial charge is 0.349 e. The van der Waals surface area contributed by atoms with Crippen molar-refractivity contribution in [3.05, 3.63) is 61.4 Å². The molecule has 2 aromatic rings. The van der Waals surface area contributed by atoms with Crippen LogP contribution in [0.5, 0.6) is 0 Å². The van der Waals surface area contributed by atoms with E-state index in [1.54, 1.807) is 6.21 Å².